The molecule has 5 aromatic rings. The number of methoxy groups -OCH3 is 1. The predicted molar refractivity (Wildman–Crippen MR) is 193 cm³/mol. The summed E-state index contributed by atoms with van der Waals surface area (Å²) < 4.78 is 5.05. The van der Waals surface area contributed by atoms with Crippen LogP contribution in [0.3, 0.4) is 0 Å². The van der Waals surface area contributed by atoms with Crippen LogP contribution in [0.5, 0.6) is 0 Å². The number of carbonyl (C=O) groups is 4. The quantitative estimate of drug-likeness (QED) is 0.0742. The lowest BCUT2D eigenvalue weighted by molar-refractivity contribution is -0.115. The van der Waals surface area contributed by atoms with E-state index in [9.17, 15) is 19.2 Å². The molecule has 0 radical (unpaired) electrons. The van der Waals surface area contributed by atoms with E-state index in [0.29, 0.717) is 27.4 Å². The van der Waals surface area contributed by atoms with Crippen molar-refractivity contribution >= 4 is 63.6 Å². The van der Waals surface area contributed by atoms with Crippen molar-refractivity contribution in [2.24, 2.45) is 0 Å². The summed E-state index contributed by atoms with van der Waals surface area (Å²) in [6, 6.07) is 32.7. The van der Waals surface area contributed by atoms with E-state index in [4.69, 9.17) is 4.74 Å². The smallest absolute Gasteiger partial charge is 0.341 e. The highest BCUT2D eigenvalue weighted by Crippen LogP contribution is 2.37. The lowest BCUT2D eigenvalue weighted by Gasteiger charge is -2.14. The van der Waals surface area contributed by atoms with Crippen LogP contribution in [0, 0.1) is 6.92 Å². The summed E-state index contributed by atoms with van der Waals surface area (Å²) in [4.78, 5) is 53.2. The first-order chi connectivity index (χ1) is 23.2. The summed E-state index contributed by atoms with van der Waals surface area (Å²) in [5.74, 6) is -1.75. The van der Waals surface area contributed by atoms with Gasteiger partial charge in [0.05, 0.1) is 12.4 Å². The number of hydrogen-bond acceptors (Lipinski definition) is 7. The highest BCUT2D eigenvalue weighted by atomic mass is 32.2. The topological polar surface area (TPSA) is 114 Å². The van der Waals surface area contributed by atoms with Gasteiger partial charge < -0.3 is 20.7 Å². The summed E-state index contributed by atoms with van der Waals surface area (Å²) in [5.41, 5.74) is 4.65. The number of hydrogen-bond donors (Lipinski definition) is 3. The summed E-state index contributed by atoms with van der Waals surface area (Å²) in [5, 5.41) is 10.2. The number of amides is 3. The molecule has 0 spiro atoms. The van der Waals surface area contributed by atoms with E-state index in [0.717, 1.165) is 21.6 Å². The molecule has 0 fully saturated rings. The molecule has 0 bridgehead atoms. The second-order valence-electron chi connectivity index (χ2n) is 10.7. The van der Waals surface area contributed by atoms with Crippen molar-refractivity contribution in [1.82, 2.24) is 5.32 Å². The maximum atomic E-state index is 13.5. The molecule has 0 aliphatic rings. The number of thiophene rings is 1. The minimum absolute atomic E-state index is 0.0724. The van der Waals surface area contributed by atoms with Gasteiger partial charge in [-0.2, -0.15) is 0 Å². The van der Waals surface area contributed by atoms with Gasteiger partial charge in [0.1, 0.15) is 16.3 Å². The van der Waals surface area contributed by atoms with Crippen molar-refractivity contribution in [3.63, 3.8) is 0 Å². The van der Waals surface area contributed by atoms with E-state index >= 15 is 0 Å². The normalized spacial score (nSPS) is 11.7. The Balaban J connectivity index is 1.29. The third kappa shape index (κ3) is 8.67. The summed E-state index contributed by atoms with van der Waals surface area (Å²) >= 11 is 2.56. The maximum Gasteiger partial charge on any atom is 0.341 e. The number of benzene rings is 4. The number of thioether (sulfide) groups is 1. The summed E-state index contributed by atoms with van der Waals surface area (Å²) in [7, 11) is 1.31. The van der Waals surface area contributed by atoms with Crippen molar-refractivity contribution in [3.8, 4) is 11.1 Å². The van der Waals surface area contributed by atoms with Gasteiger partial charge in [-0.15, -0.1) is 23.1 Å². The maximum absolute atomic E-state index is 13.5. The SMILES string of the molecule is COC(=O)c1c(-c2ccc(C)cc2)csc1NC(=O)C(C)Sc1cccc(NC(=O)/C(=C/c2ccccc2)NC(=O)c2ccccc2)c1. The van der Waals surface area contributed by atoms with Crippen LogP contribution < -0.4 is 16.0 Å². The molecule has 1 heterocycles. The monoisotopic (exact) mass is 675 g/mol. The van der Waals surface area contributed by atoms with E-state index in [-0.39, 0.29) is 11.6 Å². The third-order valence-corrected chi connectivity index (χ3v) is 9.18. The van der Waals surface area contributed by atoms with Crippen molar-refractivity contribution in [1.29, 1.82) is 0 Å². The van der Waals surface area contributed by atoms with Crippen LogP contribution >= 0.6 is 23.1 Å². The molecule has 5 rings (SSSR count). The molecule has 8 nitrogen and oxygen atoms in total. The molecular weight excluding hydrogens is 643 g/mol. The summed E-state index contributed by atoms with van der Waals surface area (Å²) in [6.07, 6.45) is 1.61. The number of carbonyl (C=O) groups excluding carboxylic acids is 4. The van der Waals surface area contributed by atoms with E-state index < -0.39 is 23.0 Å². The molecule has 4 aromatic carbocycles. The fourth-order valence-electron chi connectivity index (χ4n) is 4.68. The van der Waals surface area contributed by atoms with Gasteiger partial charge in [0, 0.05) is 27.1 Å². The van der Waals surface area contributed by atoms with E-state index in [1.807, 2.05) is 79.0 Å². The van der Waals surface area contributed by atoms with Gasteiger partial charge in [0.15, 0.2) is 0 Å². The first kappa shape index (κ1) is 33.9. The van der Waals surface area contributed by atoms with E-state index in [2.05, 4.69) is 16.0 Å². The van der Waals surface area contributed by atoms with Crippen LogP contribution in [0.25, 0.3) is 17.2 Å². The van der Waals surface area contributed by atoms with Crippen molar-refractivity contribution in [3.05, 3.63) is 143 Å². The van der Waals surface area contributed by atoms with Crippen LogP contribution in [-0.2, 0) is 14.3 Å². The van der Waals surface area contributed by atoms with Crippen LogP contribution in [0.4, 0.5) is 10.7 Å². The third-order valence-electron chi connectivity index (χ3n) is 7.19. The van der Waals surface area contributed by atoms with Crippen LogP contribution in [0.1, 0.15) is 38.8 Å². The molecule has 0 saturated heterocycles. The number of esters is 1. The average molecular weight is 676 g/mol. The molecular formula is C38H33N3O5S2. The fraction of sp³-hybridized carbons (Fsp3) is 0.105. The Labute approximate surface area is 287 Å². The Hall–Kier alpha value is -5.45. The van der Waals surface area contributed by atoms with Crippen molar-refractivity contribution in [2.75, 3.05) is 17.7 Å². The zero-order valence-corrected chi connectivity index (χ0v) is 28.1. The van der Waals surface area contributed by atoms with Gasteiger partial charge in [-0.3, -0.25) is 14.4 Å². The molecule has 1 atom stereocenters. The second kappa shape index (κ2) is 15.9. The molecule has 1 aromatic heterocycles. The van der Waals surface area contributed by atoms with Crippen LogP contribution in [0.2, 0.25) is 0 Å². The predicted octanol–water partition coefficient (Wildman–Crippen LogP) is 8.04. The van der Waals surface area contributed by atoms with Gasteiger partial charge in [0.25, 0.3) is 11.8 Å². The Bertz CT molecular complexity index is 1960. The minimum Gasteiger partial charge on any atom is -0.465 e. The van der Waals surface area contributed by atoms with E-state index in [1.165, 1.54) is 30.2 Å². The van der Waals surface area contributed by atoms with Crippen molar-refractivity contribution < 1.29 is 23.9 Å². The summed E-state index contributed by atoms with van der Waals surface area (Å²) in [6.45, 7) is 3.75. The van der Waals surface area contributed by atoms with Gasteiger partial charge in [0.2, 0.25) is 5.91 Å². The molecule has 0 aliphatic heterocycles. The van der Waals surface area contributed by atoms with Crippen LogP contribution in [0.15, 0.2) is 125 Å². The minimum atomic E-state index is -0.551. The van der Waals surface area contributed by atoms with Gasteiger partial charge in [-0.25, -0.2) is 4.79 Å². The second-order valence-corrected chi connectivity index (χ2v) is 13.0. The zero-order valence-electron chi connectivity index (χ0n) is 26.5. The molecule has 3 N–H and O–H groups in total. The van der Waals surface area contributed by atoms with E-state index in [1.54, 1.807) is 55.5 Å². The highest BCUT2D eigenvalue weighted by molar-refractivity contribution is 8.00. The number of aryl methyl sites for hydroxylation is 1. The Morgan fingerprint density at radius 2 is 1.52 bits per heavy atom. The molecule has 10 heteroatoms. The first-order valence-corrected chi connectivity index (χ1v) is 16.8. The molecule has 0 saturated carbocycles. The number of nitrogens with one attached hydrogen (secondary N) is 3. The lowest BCUT2D eigenvalue weighted by atomic mass is 10.0. The largest absolute Gasteiger partial charge is 0.465 e. The zero-order chi connectivity index (χ0) is 34.0. The Morgan fingerprint density at radius 1 is 0.833 bits per heavy atom. The molecule has 48 heavy (non-hydrogen) atoms. The molecule has 242 valence electrons. The van der Waals surface area contributed by atoms with Gasteiger partial charge >= 0.3 is 5.97 Å². The number of rotatable bonds is 11. The first-order valence-electron chi connectivity index (χ1n) is 15.0. The standard InChI is InChI=1S/C38H33N3O5S2/c1-24-17-19-27(20-18-24)31-23-47-37(33(31)38(45)46-3)41-34(42)25(2)48-30-16-10-15-29(22-30)39-36(44)32(21-26-11-6-4-7-12-26)40-35(43)28-13-8-5-9-14-28/h4-23,25H,1-3H3,(H,39,44)(H,40,43)(H,41,42)/b32-21-. The van der Waals surface area contributed by atoms with Crippen molar-refractivity contribution in [2.45, 2.75) is 24.0 Å². The molecule has 0 aliphatic carbocycles. The molecule has 3 amide bonds. The van der Waals surface area contributed by atoms with Crippen LogP contribution in [-0.4, -0.2) is 36.1 Å². The fourth-order valence-corrected chi connectivity index (χ4v) is 6.56. The highest BCUT2D eigenvalue weighted by Gasteiger charge is 2.24. The number of anilines is 2. The Kier molecular flexibility index (Phi) is 11.2. The Morgan fingerprint density at radius 3 is 2.21 bits per heavy atom. The average Bonchev–Trinajstić information content (AvgIpc) is 3.52. The molecule has 1 unspecified atom stereocenters. The lowest BCUT2D eigenvalue weighted by Crippen LogP contribution is -2.30. The van der Waals surface area contributed by atoms with Gasteiger partial charge in [-0.1, -0.05) is 84.4 Å². The number of ether oxygens (including phenoxy) is 1. The van der Waals surface area contributed by atoms with Gasteiger partial charge in [-0.05, 0) is 61.4 Å².